The van der Waals surface area contributed by atoms with Crippen molar-refractivity contribution in [2.75, 3.05) is 18.7 Å². The summed E-state index contributed by atoms with van der Waals surface area (Å²) in [5, 5.41) is 3.38. The summed E-state index contributed by atoms with van der Waals surface area (Å²) < 4.78 is 18.1. The maximum Gasteiger partial charge on any atom is 0.231 e. The molecule has 1 N–H and O–H groups in total. The molecular formula is C16H15Br2NO3. The third kappa shape index (κ3) is 3.33. The quantitative estimate of drug-likeness (QED) is 0.731. The van der Waals surface area contributed by atoms with Crippen LogP contribution in [0.25, 0.3) is 0 Å². The van der Waals surface area contributed by atoms with Gasteiger partial charge in [0.05, 0.1) is 15.6 Å². The third-order valence-corrected chi connectivity index (χ3v) is 4.39. The van der Waals surface area contributed by atoms with Gasteiger partial charge >= 0.3 is 0 Å². The lowest BCUT2D eigenvalue weighted by Crippen LogP contribution is -2.01. The summed E-state index contributed by atoms with van der Waals surface area (Å²) in [5.74, 6) is 2.39. The lowest BCUT2D eigenvalue weighted by molar-refractivity contribution is 0.174. The lowest BCUT2D eigenvalue weighted by Gasteiger charge is -2.12. The molecule has 1 aliphatic heterocycles. The number of nitrogens with one attached hydrogen (secondary N) is 1. The molecule has 0 radical (unpaired) electrons. The van der Waals surface area contributed by atoms with Crippen LogP contribution in [0.1, 0.15) is 12.5 Å². The van der Waals surface area contributed by atoms with Crippen LogP contribution in [0, 0.1) is 0 Å². The van der Waals surface area contributed by atoms with E-state index < -0.39 is 0 Å². The molecule has 0 amide bonds. The summed E-state index contributed by atoms with van der Waals surface area (Å²) in [7, 11) is 0. The van der Waals surface area contributed by atoms with Gasteiger partial charge in [0.1, 0.15) is 5.75 Å². The zero-order valence-electron chi connectivity index (χ0n) is 12.0. The largest absolute Gasteiger partial charge is 0.492 e. The molecular weight excluding hydrogens is 414 g/mol. The van der Waals surface area contributed by atoms with Crippen molar-refractivity contribution in [2.45, 2.75) is 13.5 Å². The average Bonchev–Trinajstić information content (AvgIpc) is 2.96. The standard InChI is InChI=1S/C16H15Br2NO3/c1-2-20-16-12(17)5-10(6-13(16)18)8-19-11-3-4-14-15(7-11)22-9-21-14/h3-7,19H,2,8-9H2,1H3. The van der Waals surface area contributed by atoms with E-state index in [0.29, 0.717) is 13.2 Å². The number of benzene rings is 2. The van der Waals surface area contributed by atoms with Gasteiger partial charge in [0.15, 0.2) is 11.5 Å². The van der Waals surface area contributed by atoms with E-state index in [4.69, 9.17) is 14.2 Å². The van der Waals surface area contributed by atoms with Gasteiger partial charge in [0, 0.05) is 18.3 Å². The fourth-order valence-electron chi connectivity index (χ4n) is 2.21. The Morgan fingerprint density at radius 3 is 2.55 bits per heavy atom. The number of hydrogen-bond acceptors (Lipinski definition) is 4. The van der Waals surface area contributed by atoms with E-state index in [1.165, 1.54) is 0 Å². The van der Waals surface area contributed by atoms with Crippen LogP contribution >= 0.6 is 31.9 Å². The topological polar surface area (TPSA) is 39.7 Å². The Morgan fingerprint density at radius 1 is 1.09 bits per heavy atom. The third-order valence-electron chi connectivity index (χ3n) is 3.22. The SMILES string of the molecule is CCOc1c(Br)cc(CNc2ccc3c(c2)OCO3)cc1Br. The first-order chi connectivity index (χ1) is 10.7. The van der Waals surface area contributed by atoms with Crippen LogP contribution < -0.4 is 19.5 Å². The molecule has 4 nitrogen and oxygen atoms in total. The number of rotatable bonds is 5. The van der Waals surface area contributed by atoms with Gasteiger partial charge in [-0.3, -0.25) is 0 Å². The van der Waals surface area contributed by atoms with Crippen molar-refractivity contribution >= 4 is 37.5 Å². The van der Waals surface area contributed by atoms with Gasteiger partial charge in [-0.2, -0.15) is 0 Å². The van der Waals surface area contributed by atoms with Crippen molar-refractivity contribution in [3.05, 3.63) is 44.8 Å². The molecule has 0 fully saturated rings. The molecule has 0 aliphatic carbocycles. The van der Waals surface area contributed by atoms with Gasteiger partial charge in [-0.1, -0.05) is 0 Å². The number of hydrogen-bond donors (Lipinski definition) is 1. The second-order valence-electron chi connectivity index (χ2n) is 4.74. The monoisotopic (exact) mass is 427 g/mol. The van der Waals surface area contributed by atoms with Gasteiger partial charge in [-0.15, -0.1) is 0 Å². The highest BCUT2D eigenvalue weighted by atomic mass is 79.9. The fraction of sp³-hybridized carbons (Fsp3) is 0.250. The molecule has 1 aliphatic rings. The molecule has 116 valence electrons. The molecule has 1 heterocycles. The average molecular weight is 429 g/mol. The van der Waals surface area contributed by atoms with Crippen molar-refractivity contribution in [3.63, 3.8) is 0 Å². The van der Waals surface area contributed by atoms with E-state index in [2.05, 4.69) is 49.3 Å². The predicted octanol–water partition coefficient (Wildman–Crippen LogP) is 4.95. The summed E-state index contributed by atoms with van der Waals surface area (Å²) in [4.78, 5) is 0. The van der Waals surface area contributed by atoms with Gasteiger partial charge in [0.25, 0.3) is 0 Å². The summed E-state index contributed by atoms with van der Waals surface area (Å²) in [6.07, 6.45) is 0. The zero-order chi connectivity index (χ0) is 15.5. The van der Waals surface area contributed by atoms with E-state index in [-0.39, 0.29) is 6.79 Å². The van der Waals surface area contributed by atoms with Crippen molar-refractivity contribution in [3.8, 4) is 17.2 Å². The Kier molecular flexibility index (Phi) is 4.78. The molecule has 0 spiro atoms. The minimum absolute atomic E-state index is 0.289. The van der Waals surface area contributed by atoms with Crippen LogP contribution in [0.2, 0.25) is 0 Å². The van der Waals surface area contributed by atoms with E-state index >= 15 is 0 Å². The first-order valence-corrected chi connectivity index (χ1v) is 8.50. The Bertz CT molecular complexity index is 668. The van der Waals surface area contributed by atoms with Crippen LogP contribution in [-0.4, -0.2) is 13.4 Å². The summed E-state index contributed by atoms with van der Waals surface area (Å²) in [6, 6.07) is 9.94. The molecule has 0 aromatic heterocycles. The zero-order valence-corrected chi connectivity index (χ0v) is 15.2. The smallest absolute Gasteiger partial charge is 0.231 e. The molecule has 6 heteroatoms. The van der Waals surface area contributed by atoms with Crippen molar-refractivity contribution in [1.29, 1.82) is 0 Å². The predicted molar refractivity (Wildman–Crippen MR) is 92.9 cm³/mol. The number of anilines is 1. The van der Waals surface area contributed by atoms with Crippen LogP contribution in [0.5, 0.6) is 17.2 Å². The molecule has 0 atom stereocenters. The van der Waals surface area contributed by atoms with Gasteiger partial charge < -0.3 is 19.5 Å². The summed E-state index contributed by atoms with van der Waals surface area (Å²) >= 11 is 7.09. The second kappa shape index (κ2) is 6.79. The van der Waals surface area contributed by atoms with Crippen molar-refractivity contribution in [1.82, 2.24) is 0 Å². The normalized spacial score (nSPS) is 12.3. The van der Waals surface area contributed by atoms with E-state index in [1.54, 1.807) is 0 Å². The Hall–Kier alpha value is -1.40. The highest BCUT2D eigenvalue weighted by Crippen LogP contribution is 2.36. The van der Waals surface area contributed by atoms with E-state index in [1.807, 2.05) is 25.1 Å². The molecule has 2 aromatic carbocycles. The van der Waals surface area contributed by atoms with Gasteiger partial charge in [0.2, 0.25) is 6.79 Å². The highest BCUT2D eigenvalue weighted by molar-refractivity contribution is 9.11. The molecule has 2 aromatic rings. The first kappa shape index (κ1) is 15.5. The van der Waals surface area contributed by atoms with Gasteiger partial charge in [-0.25, -0.2) is 0 Å². The van der Waals surface area contributed by atoms with E-state index in [9.17, 15) is 0 Å². The highest BCUT2D eigenvalue weighted by Gasteiger charge is 2.13. The Labute approximate surface area is 146 Å². The van der Waals surface area contributed by atoms with Crippen LogP contribution in [0.15, 0.2) is 39.3 Å². The Morgan fingerprint density at radius 2 is 1.82 bits per heavy atom. The van der Waals surface area contributed by atoms with Gasteiger partial charge in [-0.05, 0) is 68.6 Å². The fourth-order valence-corrected chi connectivity index (χ4v) is 3.72. The van der Waals surface area contributed by atoms with E-state index in [0.717, 1.165) is 37.4 Å². The molecule has 22 heavy (non-hydrogen) atoms. The van der Waals surface area contributed by atoms with Crippen molar-refractivity contribution in [2.24, 2.45) is 0 Å². The summed E-state index contributed by atoms with van der Waals surface area (Å²) in [6.45, 7) is 3.58. The maximum absolute atomic E-state index is 5.59. The Balaban J connectivity index is 1.71. The number of ether oxygens (including phenoxy) is 3. The van der Waals surface area contributed by atoms with Crippen LogP contribution in [-0.2, 0) is 6.54 Å². The molecule has 0 saturated heterocycles. The lowest BCUT2D eigenvalue weighted by atomic mass is 10.2. The first-order valence-electron chi connectivity index (χ1n) is 6.91. The number of halogens is 2. The maximum atomic E-state index is 5.59. The number of fused-ring (bicyclic) bond motifs is 1. The molecule has 3 rings (SSSR count). The minimum atomic E-state index is 0.289. The molecule has 0 unspecified atom stereocenters. The molecule has 0 bridgehead atoms. The minimum Gasteiger partial charge on any atom is -0.492 e. The van der Waals surface area contributed by atoms with Crippen LogP contribution in [0.4, 0.5) is 5.69 Å². The van der Waals surface area contributed by atoms with Crippen LogP contribution in [0.3, 0.4) is 0 Å². The second-order valence-corrected chi connectivity index (χ2v) is 6.45. The van der Waals surface area contributed by atoms with Crippen molar-refractivity contribution < 1.29 is 14.2 Å². The summed E-state index contributed by atoms with van der Waals surface area (Å²) in [5.41, 5.74) is 2.13. The molecule has 0 saturated carbocycles.